The fourth-order valence-electron chi connectivity index (χ4n) is 2.99. The van der Waals surface area contributed by atoms with Crippen LogP contribution in [0.25, 0.3) is 0 Å². The topological polar surface area (TPSA) is 60.8 Å². The van der Waals surface area contributed by atoms with Crippen molar-refractivity contribution in [3.8, 4) is 11.8 Å². The van der Waals surface area contributed by atoms with Crippen LogP contribution >= 0.6 is 0 Å². The summed E-state index contributed by atoms with van der Waals surface area (Å²) in [6, 6.07) is 12.3. The lowest BCUT2D eigenvalue weighted by atomic mass is 9.96. The molecule has 0 heterocycles. The van der Waals surface area contributed by atoms with Crippen molar-refractivity contribution < 1.29 is 15.0 Å². The molecule has 4 heteroatoms. The Kier molecular flexibility index (Phi) is 7.04. The predicted octanol–water partition coefficient (Wildman–Crippen LogP) is 4.44. The van der Waals surface area contributed by atoms with E-state index in [9.17, 15) is 9.90 Å². The summed E-state index contributed by atoms with van der Waals surface area (Å²) in [6.45, 7) is 10.4. The van der Waals surface area contributed by atoms with E-state index >= 15 is 0 Å². The Morgan fingerprint density at radius 1 is 1.07 bits per heavy atom. The van der Waals surface area contributed by atoms with E-state index < -0.39 is 12.1 Å². The van der Waals surface area contributed by atoms with Gasteiger partial charge in [0.05, 0.1) is 5.56 Å². The summed E-state index contributed by atoms with van der Waals surface area (Å²) in [5.74, 6) is 5.13. The zero-order chi connectivity index (χ0) is 20.0. The number of aliphatic hydroxyl groups excluding tert-OH is 1. The SMILES string of the molecule is CCN(CC)c1ccc(C(O)C#Cc2ccc(C(=O)O)cc2)cc1C(C)C. The van der Waals surface area contributed by atoms with Crippen LogP contribution in [0.1, 0.15) is 66.8 Å². The Hall–Kier alpha value is -2.77. The Balaban J connectivity index is 2.27. The van der Waals surface area contributed by atoms with Crippen LogP contribution in [0.2, 0.25) is 0 Å². The number of aliphatic hydroxyl groups is 1. The number of rotatable bonds is 6. The number of hydrogen-bond acceptors (Lipinski definition) is 3. The fourth-order valence-corrected chi connectivity index (χ4v) is 2.99. The van der Waals surface area contributed by atoms with Crippen molar-refractivity contribution in [3.05, 3.63) is 64.7 Å². The Labute approximate surface area is 161 Å². The number of carbonyl (C=O) groups is 1. The third-order valence-electron chi connectivity index (χ3n) is 4.58. The average molecular weight is 365 g/mol. The normalized spacial score (nSPS) is 11.6. The minimum Gasteiger partial charge on any atom is -0.478 e. The lowest BCUT2D eigenvalue weighted by Gasteiger charge is -2.26. The maximum Gasteiger partial charge on any atom is 0.335 e. The molecule has 0 aliphatic heterocycles. The van der Waals surface area contributed by atoms with E-state index in [1.807, 2.05) is 12.1 Å². The largest absolute Gasteiger partial charge is 0.478 e. The van der Waals surface area contributed by atoms with Gasteiger partial charge >= 0.3 is 5.97 Å². The maximum absolute atomic E-state index is 10.9. The summed E-state index contributed by atoms with van der Waals surface area (Å²) >= 11 is 0. The second-order valence-electron chi connectivity index (χ2n) is 6.70. The Morgan fingerprint density at radius 2 is 1.70 bits per heavy atom. The van der Waals surface area contributed by atoms with Crippen LogP contribution in [0.3, 0.4) is 0 Å². The highest BCUT2D eigenvalue weighted by Crippen LogP contribution is 2.30. The maximum atomic E-state index is 10.9. The molecule has 1 unspecified atom stereocenters. The zero-order valence-electron chi connectivity index (χ0n) is 16.4. The Morgan fingerprint density at radius 3 is 2.22 bits per heavy atom. The lowest BCUT2D eigenvalue weighted by molar-refractivity contribution is 0.0697. The highest BCUT2D eigenvalue weighted by atomic mass is 16.4. The van der Waals surface area contributed by atoms with Crippen molar-refractivity contribution >= 4 is 11.7 Å². The third-order valence-corrected chi connectivity index (χ3v) is 4.58. The van der Waals surface area contributed by atoms with Crippen LogP contribution in [-0.2, 0) is 0 Å². The minimum atomic E-state index is -0.968. The monoisotopic (exact) mass is 365 g/mol. The number of carboxylic acids is 1. The van der Waals surface area contributed by atoms with E-state index in [1.165, 1.54) is 23.4 Å². The van der Waals surface area contributed by atoms with Crippen molar-refractivity contribution in [2.24, 2.45) is 0 Å². The number of benzene rings is 2. The van der Waals surface area contributed by atoms with Gasteiger partial charge in [0.2, 0.25) is 0 Å². The first-order valence-electron chi connectivity index (χ1n) is 9.29. The van der Waals surface area contributed by atoms with E-state index in [-0.39, 0.29) is 5.56 Å². The molecule has 2 rings (SSSR count). The second-order valence-corrected chi connectivity index (χ2v) is 6.70. The van der Waals surface area contributed by atoms with Gasteiger partial charge in [0.1, 0.15) is 6.10 Å². The van der Waals surface area contributed by atoms with Gasteiger partial charge in [-0.15, -0.1) is 0 Å². The van der Waals surface area contributed by atoms with Gasteiger partial charge in [0.25, 0.3) is 0 Å². The molecule has 0 radical (unpaired) electrons. The van der Waals surface area contributed by atoms with Gasteiger partial charge in [-0.3, -0.25) is 0 Å². The van der Waals surface area contributed by atoms with Crippen molar-refractivity contribution in [1.82, 2.24) is 0 Å². The summed E-state index contributed by atoms with van der Waals surface area (Å²) < 4.78 is 0. The molecule has 0 amide bonds. The number of hydrogen-bond donors (Lipinski definition) is 2. The summed E-state index contributed by atoms with van der Waals surface area (Å²) in [4.78, 5) is 13.2. The first kappa shape index (κ1) is 20.5. The van der Waals surface area contributed by atoms with Crippen LogP contribution < -0.4 is 4.90 Å². The predicted molar refractivity (Wildman–Crippen MR) is 109 cm³/mol. The first-order valence-corrected chi connectivity index (χ1v) is 9.29. The number of aromatic carboxylic acids is 1. The summed E-state index contributed by atoms with van der Waals surface area (Å²) in [7, 11) is 0. The molecule has 1 atom stereocenters. The molecule has 0 aliphatic rings. The van der Waals surface area contributed by atoms with Gasteiger partial charge in [0.15, 0.2) is 0 Å². The van der Waals surface area contributed by atoms with E-state index in [0.29, 0.717) is 11.5 Å². The summed E-state index contributed by atoms with van der Waals surface area (Å²) in [5.41, 5.74) is 4.05. The van der Waals surface area contributed by atoms with E-state index in [1.54, 1.807) is 12.1 Å². The molecular formula is C23H27NO3. The molecule has 0 saturated heterocycles. The van der Waals surface area contributed by atoms with Crippen molar-refractivity contribution in [1.29, 1.82) is 0 Å². The van der Waals surface area contributed by atoms with Crippen LogP contribution in [0, 0.1) is 11.8 Å². The van der Waals surface area contributed by atoms with Crippen LogP contribution in [0.5, 0.6) is 0 Å². The molecule has 0 saturated carbocycles. The minimum absolute atomic E-state index is 0.217. The number of nitrogens with zero attached hydrogens (tertiary/aromatic N) is 1. The summed E-state index contributed by atoms with van der Waals surface area (Å²) in [6.07, 6.45) is -0.896. The van der Waals surface area contributed by atoms with Gasteiger partial charge in [-0.05, 0) is 67.3 Å². The van der Waals surface area contributed by atoms with Crippen molar-refractivity contribution in [2.75, 3.05) is 18.0 Å². The zero-order valence-corrected chi connectivity index (χ0v) is 16.4. The molecule has 2 aromatic carbocycles. The number of anilines is 1. The molecule has 142 valence electrons. The smallest absolute Gasteiger partial charge is 0.335 e. The molecule has 4 nitrogen and oxygen atoms in total. The number of carboxylic acid groups (broad SMARTS) is 1. The van der Waals surface area contributed by atoms with E-state index in [0.717, 1.165) is 18.7 Å². The van der Waals surface area contributed by atoms with Gasteiger partial charge in [-0.1, -0.05) is 31.8 Å². The summed E-state index contributed by atoms with van der Waals surface area (Å²) in [5, 5.41) is 19.4. The van der Waals surface area contributed by atoms with Crippen LogP contribution in [-0.4, -0.2) is 29.3 Å². The standard InChI is InChI=1S/C23H27NO3/c1-5-24(6-2)21-13-12-19(15-20(21)16(3)4)22(25)14-9-17-7-10-18(11-8-17)23(26)27/h7-8,10-13,15-16,22,25H,5-6H2,1-4H3,(H,26,27). The molecule has 0 bridgehead atoms. The van der Waals surface area contributed by atoms with Gasteiger partial charge in [-0.25, -0.2) is 4.79 Å². The van der Waals surface area contributed by atoms with Crippen molar-refractivity contribution in [3.63, 3.8) is 0 Å². The van der Waals surface area contributed by atoms with Crippen LogP contribution in [0.15, 0.2) is 42.5 Å². The molecule has 0 aliphatic carbocycles. The average Bonchev–Trinajstić information content (AvgIpc) is 2.67. The Bertz CT molecular complexity index is 840. The molecular weight excluding hydrogens is 338 g/mol. The molecule has 0 spiro atoms. The third kappa shape index (κ3) is 5.12. The van der Waals surface area contributed by atoms with Gasteiger partial charge in [-0.2, -0.15) is 0 Å². The molecule has 2 N–H and O–H groups in total. The van der Waals surface area contributed by atoms with Crippen molar-refractivity contribution in [2.45, 2.75) is 39.7 Å². The lowest BCUT2D eigenvalue weighted by Crippen LogP contribution is -2.23. The molecule has 2 aromatic rings. The second kappa shape index (κ2) is 9.25. The first-order chi connectivity index (χ1) is 12.9. The fraction of sp³-hybridized carbons (Fsp3) is 0.348. The molecule has 27 heavy (non-hydrogen) atoms. The van der Waals surface area contributed by atoms with Gasteiger partial charge < -0.3 is 15.1 Å². The van der Waals surface area contributed by atoms with E-state index in [4.69, 9.17) is 5.11 Å². The van der Waals surface area contributed by atoms with E-state index in [2.05, 4.69) is 50.5 Å². The molecule has 0 fully saturated rings. The highest BCUT2D eigenvalue weighted by molar-refractivity contribution is 5.87. The van der Waals surface area contributed by atoms with Crippen LogP contribution in [0.4, 0.5) is 5.69 Å². The molecule has 0 aromatic heterocycles. The van der Waals surface area contributed by atoms with Gasteiger partial charge in [0, 0.05) is 24.3 Å². The quantitative estimate of drug-likeness (QED) is 0.743. The highest BCUT2D eigenvalue weighted by Gasteiger charge is 2.14.